The van der Waals surface area contributed by atoms with Crippen LogP contribution in [-0.2, 0) is 17.8 Å². The topological polar surface area (TPSA) is 55.1 Å². The lowest BCUT2D eigenvalue weighted by Crippen LogP contribution is -2.17. The molecule has 0 unspecified atom stereocenters. The molecule has 0 aliphatic carbocycles. The quantitative estimate of drug-likeness (QED) is 0.902. The Labute approximate surface area is 115 Å². The summed E-state index contributed by atoms with van der Waals surface area (Å²) in [5.41, 5.74) is 7.03. The van der Waals surface area contributed by atoms with Crippen LogP contribution in [0.5, 0.6) is 0 Å². The molecule has 0 saturated carbocycles. The molecule has 0 spiro atoms. The minimum absolute atomic E-state index is 0.0589. The lowest BCUT2D eigenvalue weighted by atomic mass is 10.0. The maximum absolute atomic E-state index is 13.4. The molecule has 0 bridgehead atoms. The van der Waals surface area contributed by atoms with E-state index in [1.54, 1.807) is 12.1 Å². The summed E-state index contributed by atoms with van der Waals surface area (Å²) in [4.78, 5) is 11.9. The largest absolute Gasteiger partial charge is 0.326 e. The molecule has 1 amide bonds. The van der Waals surface area contributed by atoms with Crippen LogP contribution in [0.15, 0.2) is 42.5 Å². The van der Waals surface area contributed by atoms with Crippen LogP contribution in [0.3, 0.4) is 0 Å². The summed E-state index contributed by atoms with van der Waals surface area (Å²) in [6, 6.07) is 10.1. The Morgan fingerprint density at radius 1 is 1.10 bits per heavy atom. The van der Waals surface area contributed by atoms with E-state index in [-0.39, 0.29) is 12.1 Å². The van der Waals surface area contributed by atoms with Gasteiger partial charge in [0.05, 0.1) is 12.1 Å². The van der Waals surface area contributed by atoms with Gasteiger partial charge in [0.25, 0.3) is 0 Å². The molecule has 2 aromatic rings. The molecule has 104 valence electrons. The molecule has 0 heterocycles. The normalized spacial score (nSPS) is 10.3. The van der Waals surface area contributed by atoms with Gasteiger partial charge in [0.1, 0.15) is 11.6 Å². The Kier molecular flexibility index (Phi) is 4.42. The number of rotatable bonds is 4. The number of anilines is 1. The van der Waals surface area contributed by atoms with Gasteiger partial charge in [-0.3, -0.25) is 4.79 Å². The van der Waals surface area contributed by atoms with Crippen LogP contribution in [0.4, 0.5) is 14.5 Å². The maximum Gasteiger partial charge on any atom is 0.228 e. The summed E-state index contributed by atoms with van der Waals surface area (Å²) in [6.07, 6.45) is 0.0589. The van der Waals surface area contributed by atoms with Gasteiger partial charge in [-0.2, -0.15) is 0 Å². The molecular formula is C15H14F2N2O. The number of carbonyl (C=O) groups is 1. The molecule has 0 fully saturated rings. The number of benzene rings is 2. The molecule has 0 saturated heterocycles. The van der Waals surface area contributed by atoms with E-state index in [4.69, 9.17) is 5.73 Å². The van der Waals surface area contributed by atoms with Gasteiger partial charge >= 0.3 is 0 Å². The SMILES string of the molecule is NCc1ccccc1CC(=O)Nc1cc(F)ccc1F. The average molecular weight is 276 g/mol. The average Bonchev–Trinajstić information content (AvgIpc) is 2.43. The highest BCUT2D eigenvalue weighted by atomic mass is 19.1. The summed E-state index contributed by atoms with van der Waals surface area (Å²) in [5.74, 6) is -1.70. The van der Waals surface area contributed by atoms with Crippen LogP contribution in [0.25, 0.3) is 0 Å². The minimum Gasteiger partial charge on any atom is -0.326 e. The zero-order valence-electron chi connectivity index (χ0n) is 10.7. The summed E-state index contributed by atoms with van der Waals surface area (Å²) < 4.78 is 26.4. The number of halogens is 2. The first-order valence-electron chi connectivity index (χ1n) is 6.12. The fraction of sp³-hybridized carbons (Fsp3) is 0.133. The van der Waals surface area contributed by atoms with Crippen molar-refractivity contribution in [2.75, 3.05) is 5.32 Å². The number of amides is 1. The van der Waals surface area contributed by atoms with Crippen molar-refractivity contribution >= 4 is 11.6 Å². The Morgan fingerprint density at radius 3 is 2.50 bits per heavy atom. The molecule has 0 atom stereocenters. The number of carbonyl (C=O) groups excluding carboxylic acids is 1. The van der Waals surface area contributed by atoms with Crippen molar-refractivity contribution < 1.29 is 13.6 Å². The van der Waals surface area contributed by atoms with Crippen molar-refractivity contribution in [2.45, 2.75) is 13.0 Å². The molecule has 0 aromatic heterocycles. The fourth-order valence-electron chi connectivity index (χ4n) is 1.89. The van der Waals surface area contributed by atoms with Gasteiger partial charge < -0.3 is 11.1 Å². The number of hydrogen-bond donors (Lipinski definition) is 2. The van der Waals surface area contributed by atoms with Crippen LogP contribution >= 0.6 is 0 Å². The van der Waals surface area contributed by atoms with E-state index in [9.17, 15) is 13.6 Å². The van der Waals surface area contributed by atoms with Gasteiger partial charge in [-0.15, -0.1) is 0 Å². The van der Waals surface area contributed by atoms with Crippen molar-refractivity contribution in [2.24, 2.45) is 5.73 Å². The molecule has 5 heteroatoms. The van der Waals surface area contributed by atoms with Crippen molar-refractivity contribution in [3.8, 4) is 0 Å². The Morgan fingerprint density at radius 2 is 1.80 bits per heavy atom. The summed E-state index contributed by atoms with van der Waals surface area (Å²) in [5, 5.41) is 2.36. The third-order valence-corrected chi connectivity index (χ3v) is 2.89. The van der Waals surface area contributed by atoms with E-state index in [0.717, 1.165) is 29.3 Å². The van der Waals surface area contributed by atoms with Crippen LogP contribution in [0, 0.1) is 11.6 Å². The zero-order chi connectivity index (χ0) is 14.5. The minimum atomic E-state index is -0.674. The van der Waals surface area contributed by atoms with E-state index in [0.29, 0.717) is 6.54 Å². The van der Waals surface area contributed by atoms with Gasteiger partial charge in [0, 0.05) is 12.6 Å². The van der Waals surface area contributed by atoms with Crippen molar-refractivity contribution in [1.82, 2.24) is 0 Å². The Balaban J connectivity index is 2.11. The molecule has 3 N–H and O–H groups in total. The molecule has 0 aliphatic rings. The van der Waals surface area contributed by atoms with Gasteiger partial charge in [0.2, 0.25) is 5.91 Å². The van der Waals surface area contributed by atoms with Crippen molar-refractivity contribution in [3.63, 3.8) is 0 Å². The van der Waals surface area contributed by atoms with Crippen LogP contribution < -0.4 is 11.1 Å². The highest BCUT2D eigenvalue weighted by Gasteiger charge is 2.10. The fourth-order valence-corrected chi connectivity index (χ4v) is 1.89. The predicted molar refractivity (Wildman–Crippen MR) is 73.0 cm³/mol. The zero-order valence-corrected chi connectivity index (χ0v) is 10.7. The molecular weight excluding hydrogens is 262 g/mol. The maximum atomic E-state index is 13.4. The highest BCUT2D eigenvalue weighted by Crippen LogP contribution is 2.16. The van der Waals surface area contributed by atoms with E-state index in [1.807, 2.05) is 12.1 Å². The van der Waals surface area contributed by atoms with Gasteiger partial charge in [0.15, 0.2) is 0 Å². The van der Waals surface area contributed by atoms with Crippen LogP contribution in [0.2, 0.25) is 0 Å². The summed E-state index contributed by atoms with van der Waals surface area (Å²) in [6.45, 7) is 0.317. The van der Waals surface area contributed by atoms with Crippen LogP contribution in [-0.4, -0.2) is 5.91 Å². The number of nitrogens with one attached hydrogen (secondary N) is 1. The standard InChI is InChI=1S/C15H14F2N2O/c16-12-5-6-13(17)14(8-12)19-15(20)7-10-3-1-2-4-11(10)9-18/h1-6,8H,7,9,18H2,(H,19,20). The second-order valence-electron chi connectivity index (χ2n) is 4.32. The number of hydrogen-bond acceptors (Lipinski definition) is 2. The van der Waals surface area contributed by atoms with Crippen molar-refractivity contribution in [3.05, 3.63) is 65.2 Å². The molecule has 2 rings (SSSR count). The Hall–Kier alpha value is -2.27. The van der Waals surface area contributed by atoms with Gasteiger partial charge in [-0.1, -0.05) is 24.3 Å². The third kappa shape index (κ3) is 3.39. The monoisotopic (exact) mass is 276 g/mol. The first-order chi connectivity index (χ1) is 9.60. The first kappa shape index (κ1) is 14.1. The summed E-state index contributed by atoms with van der Waals surface area (Å²) >= 11 is 0. The molecule has 2 aromatic carbocycles. The molecule has 20 heavy (non-hydrogen) atoms. The highest BCUT2D eigenvalue weighted by molar-refractivity contribution is 5.92. The lowest BCUT2D eigenvalue weighted by molar-refractivity contribution is -0.115. The van der Waals surface area contributed by atoms with E-state index in [2.05, 4.69) is 5.32 Å². The van der Waals surface area contributed by atoms with E-state index < -0.39 is 17.5 Å². The Bertz CT molecular complexity index is 629. The van der Waals surface area contributed by atoms with Gasteiger partial charge in [-0.25, -0.2) is 8.78 Å². The molecule has 0 radical (unpaired) electrons. The third-order valence-electron chi connectivity index (χ3n) is 2.89. The van der Waals surface area contributed by atoms with Gasteiger partial charge in [-0.05, 0) is 23.3 Å². The second kappa shape index (κ2) is 6.25. The van der Waals surface area contributed by atoms with Crippen molar-refractivity contribution in [1.29, 1.82) is 0 Å². The summed E-state index contributed by atoms with van der Waals surface area (Å²) in [7, 11) is 0. The molecule has 3 nitrogen and oxygen atoms in total. The van der Waals surface area contributed by atoms with Crippen LogP contribution in [0.1, 0.15) is 11.1 Å². The van der Waals surface area contributed by atoms with E-state index in [1.165, 1.54) is 0 Å². The molecule has 0 aliphatic heterocycles. The predicted octanol–water partition coefficient (Wildman–Crippen LogP) is 2.60. The number of nitrogens with two attached hydrogens (primary N) is 1. The second-order valence-corrected chi connectivity index (χ2v) is 4.32. The lowest BCUT2D eigenvalue weighted by Gasteiger charge is -2.09. The smallest absolute Gasteiger partial charge is 0.228 e. The first-order valence-corrected chi connectivity index (χ1v) is 6.12. The van der Waals surface area contributed by atoms with E-state index >= 15 is 0 Å².